The van der Waals surface area contributed by atoms with Crippen LogP contribution in [0.15, 0.2) is 97.2 Å². The minimum atomic E-state index is -0.159. The van der Waals surface area contributed by atoms with Crippen molar-refractivity contribution < 1.29 is 27.2 Å². The van der Waals surface area contributed by atoms with Crippen LogP contribution in [-0.2, 0) is 31.9 Å². The van der Waals surface area contributed by atoms with Gasteiger partial charge in [0.05, 0.1) is 12.8 Å². The van der Waals surface area contributed by atoms with E-state index in [-0.39, 0.29) is 43.7 Å². The van der Waals surface area contributed by atoms with E-state index >= 15 is 0 Å². The normalized spacial score (nSPS) is 12.5. The molecule has 7 aromatic rings. The van der Waals surface area contributed by atoms with Gasteiger partial charge in [0.25, 0.3) is 0 Å². The quantitative estimate of drug-likeness (QED) is 0.150. The summed E-state index contributed by atoms with van der Waals surface area (Å²) in [6.07, 6.45) is 1.87. The van der Waals surface area contributed by atoms with Crippen LogP contribution in [0.3, 0.4) is 0 Å². The molecule has 6 heteroatoms. The number of nitrogens with zero attached hydrogens (tertiary/aromatic N) is 4. The van der Waals surface area contributed by atoms with Crippen LogP contribution in [0.25, 0.3) is 44.4 Å². The first-order valence-corrected chi connectivity index (χ1v) is 18.0. The fraction of sp³-hybridized carbons (Fsp3) is 0.304. The van der Waals surface area contributed by atoms with E-state index in [4.69, 9.17) is 16.2 Å². The van der Waals surface area contributed by atoms with Crippen molar-refractivity contribution >= 4 is 21.8 Å². The molecule has 0 saturated carbocycles. The summed E-state index contributed by atoms with van der Waals surface area (Å²) in [4.78, 5) is 4.82. The first-order valence-electron chi connectivity index (χ1n) is 18.5. The second-order valence-electron chi connectivity index (χ2n) is 16.2. The second kappa shape index (κ2) is 14.2. The van der Waals surface area contributed by atoms with Crippen LogP contribution in [0.4, 0.5) is 0 Å². The van der Waals surface area contributed by atoms with Crippen LogP contribution in [0.1, 0.15) is 105 Å². The molecule has 0 aliphatic heterocycles. The van der Waals surface area contributed by atoms with Crippen molar-refractivity contribution in [3.05, 3.63) is 132 Å². The minimum absolute atomic E-state index is 0. The van der Waals surface area contributed by atoms with Crippen molar-refractivity contribution in [2.24, 2.45) is 0 Å². The number of rotatable bonds is 7. The van der Waals surface area contributed by atoms with Gasteiger partial charge in [-0.2, -0.15) is 11.2 Å². The standard InChI is InChI=1S/C46H48N4O.Pt/c1-29(2)43-42(31-16-12-11-13-17-31)44(30(3)4)50(48-43)34-24-33(46(8,9)10)25-36(27-34)51-35-20-21-38-37-18-14-15-19-39(37)49(40(38)28-35)41-26-32(22-23-47-41)45(5,6)7;/h11-26,29-30H,1-10H3;/q-2;+2/i14D;. The van der Waals surface area contributed by atoms with Crippen LogP contribution in [0.5, 0.6) is 11.5 Å². The number of aromatic nitrogens is 4. The summed E-state index contributed by atoms with van der Waals surface area (Å²) in [5.41, 5.74) is 9.34. The molecule has 268 valence electrons. The summed E-state index contributed by atoms with van der Waals surface area (Å²) >= 11 is 0. The zero-order valence-corrected chi connectivity index (χ0v) is 34.1. The second-order valence-corrected chi connectivity index (χ2v) is 16.2. The monoisotopic (exact) mass is 868 g/mol. The average Bonchev–Trinajstić information content (AvgIpc) is 3.65. The fourth-order valence-corrected chi connectivity index (χ4v) is 6.83. The third-order valence-electron chi connectivity index (χ3n) is 9.58. The zero-order chi connectivity index (χ0) is 37.1. The van der Waals surface area contributed by atoms with E-state index < -0.39 is 0 Å². The van der Waals surface area contributed by atoms with E-state index in [0.717, 1.165) is 50.3 Å². The van der Waals surface area contributed by atoms with Gasteiger partial charge in [-0.1, -0.05) is 123 Å². The van der Waals surface area contributed by atoms with Gasteiger partial charge in [-0.3, -0.25) is 4.68 Å². The van der Waals surface area contributed by atoms with Gasteiger partial charge in [0.15, 0.2) is 0 Å². The molecule has 0 bridgehead atoms. The Balaban J connectivity index is 0.00000481. The van der Waals surface area contributed by atoms with Gasteiger partial charge in [-0.25, -0.2) is 4.98 Å². The Morgan fingerprint density at radius 2 is 1.46 bits per heavy atom. The number of fused-ring (bicyclic) bond motifs is 3. The van der Waals surface area contributed by atoms with Crippen molar-refractivity contribution in [2.75, 3.05) is 0 Å². The molecule has 0 aliphatic carbocycles. The van der Waals surface area contributed by atoms with E-state index in [2.05, 4.69) is 151 Å². The average molecular weight is 869 g/mol. The van der Waals surface area contributed by atoms with Crippen molar-refractivity contribution in [1.82, 2.24) is 19.3 Å². The molecule has 0 unspecified atom stereocenters. The summed E-state index contributed by atoms with van der Waals surface area (Å²) in [5.74, 6) is 2.41. The molecule has 0 saturated heterocycles. The Hall–Kier alpha value is -4.47. The van der Waals surface area contributed by atoms with Gasteiger partial charge in [0.1, 0.15) is 5.82 Å². The van der Waals surface area contributed by atoms with Crippen LogP contribution >= 0.6 is 0 Å². The summed E-state index contributed by atoms with van der Waals surface area (Å²) in [7, 11) is 0. The Kier molecular flexibility index (Phi) is 9.78. The zero-order valence-electron chi connectivity index (χ0n) is 32.8. The molecular formula is C46H48N4OPt. The van der Waals surface area contributed by atoms with Crippen LogP contribution in [0.2, 0.25) is 0 Å². The predicted octanol–water partition coefficient (Wildman–Crippen LogP) is 12.3. The van der Waals surface area contributed by atoms with E-state index in [0.29, 0.717) is 17.5 Å². The fourth-order valence-electron chi connectivity index (χ4n) is 6.83. The molecule has 0 amide bonds. The van der Waals surface area contributed by atoms with E-state index in [1.165, 1.54) is 16.7 Å². The van der Waals surface area contributed by atoms with Gasteiger partial charge in [0.2, 0.25) is 0 Å². The van der Waals surface area contributed by atoms with Gasteiger partial charge >= 0.3 is 21.1 Å². The number of ether oxygens (including phenoxy) is 1. The number of para-hydroxylation sites is 1. The largest absolute Gasteiger partial charge is 2.00 e. The van der Waals surface area contributed by atoms with Gasteiger partial charge in [-0.15, -0.1) is 41.3 Å². The van der Waals surface area contributed by atoms with Crippen molar-refractivity contribution in [3.8, 4) is 34.1 Å². The molecule has 0 spiro atoms. The van der Waals surface area contributed by atoms with Crippen LogP contribution < -0.4 is 4.74 Å². The first kappa shape index (κ1) is 35.9. The summed E-state index contributed by atoms with van der Waals surface area (Å²) in [6, 6.07) is 36.5. The molecule has 0 aliphatic rings. The maximum atomic E-state index is 8.39. The van der Waals surface area contributed by atoms with E-state index in [1.807, 2.05) is 30.5 Å². The minimum Gasteiger partial charge on any atom is -0.509 e. The third-order valence-corrected chi connectivity index (χ3v) is 9.58. The summed E-state index contributed by atoms with van der Waals surface area (Å²) in [6.45, 7) is 22.1. The Labute approximate surface area is 324 Å². The maximum Gasteiger partial charge on any atom is 2.00 e. The van der Waals surface area contributed by atoms with Crippen molar-refractivity contribution in [1.29, 1.82) is 0 Å². The Bertz CT molecular complexity index is 2430. The third kappa shape index (κ3) is 7.00. The number of hydrogen-bond acceptors (Lipinski definition) is 3. The van der Waals surface area contributed by atoms with Crippen LogP contribution in [0, 0.1) is 12.1 Å². The van der Waals surface area contributed by atoms with Crippen LogP contribution in [-0.4, -0.2) is 19.3 Å². The molecule has 7 rings (SSSR count). The molecule has 4 aromatic carbocycles. The van der Waals surface area contributed by atoms with Gasteiger partial charge in [-0.05, 0) is 63.1 Å². The van der Waals surface area contributed by atoms with Crippen molar-refractivity contribution in [2.45, 2.75) is 91.9 Å². The van der Waals surface area contributed by atoms with Gasteiger partial charge < -0.3 is 9.30 Å². The number of benzene rings is 4. The summed E-state index contributed by atoms with van der Waals surface area (Å²) in [5, 5.41) is 7.25. The molecule has 52 heavy (non-hydrogen) atoms. The molecule has 3 aromatic heterocycles. The van der Waals surface area contributed by atoms with Crippen molar-refractivity contribution in [3.63, 3.8) is 0 Å². The molecule has 0 atom stereocenters. The Morgan fingerprint density at radius 3 is 2.13 bits per heavy atom. The smallest absolute Gasteiger partial charge is 0.509 e. The molecule has 5 nitrogen and oxygen atoms in total. The first-order chi connectivity index (χ1) is 24.6. The topological polar surface area (TPSA) is 44.9 Å². The molecular weight excluding hydrogens is 820 g/mol. The molecule has 0 N–H and O–H groups in total. The van der Waals surface area contributed by atoms with Gasteiger partial charge in [0, 0.05) is 28.8 Å². The maximum absolute atomic E-state index is 8.39. The van der Waals surface area contributed by atoms with E-state index in [1.54, 1.807) is 0 Å². The SMILES string of the molecule is [2H]c1ccc2c(c1)c1ccc(Oc3[c-]c(-n4nc(C(C)C)c(-c5ccccc5)c4C(C)C)cc(C(C)(C)C)c3)[c-]c1n2-c1cc(C(C)(C)C)ccn1.[Pt+2]. The summed E-state index contributed by atoms with van der Waals surface area (Å²) < 4.78 is 19.3. The Morgan fingerprint density at radius 1 is 0.731 bits per heavy atom. The molecule has 0 radical (unpaired) electrons. The molecule has 3 heterocycles. The van der Waals surface area contributed by atoms with E-state index in [9.17, 15) is 0 Å². The molecule has 0 fully saturated rings. The number of pyridine rings is 1. The number of hydrogen-bond donors (Lipinski definition) is 0. The predicted molar refractivity (Wildman–Crippen MR) is 211 cm³/mol.